The van der Waals surface area contributed by atoms with Gasteiger partial charge >= 0.3 is 0 Å². The number of piperidine rings is 1. The van der Waals surface area contributed by atoms with Gasteiger partial charge in [-0.3, -0.25) is 4.79 Å². The van der Waals surface area contributed by atoms with Gasteiger partial charge in [0.1, 0.15) is 0 Å². The summed E-state index contributed by atoms with van der Waals surface area (Å²) in [6, 6.07) is 8.89. The van der Waals surface area contributed by atoms with Crippen molar-refractivity contribution in [3.63, 3.8) is 0 Å². The zero-order valence-corrected chi connectivity index (χ0v) is 16.8. The van der Waals surface area contributed by atoms with Crippen LogP contribution in [-0.4, -0.2) is 41.9 Å². The van der Waals surface area contributed by atoms with E-state index in [4.69, 9.17) is 0 Å². The van der Waals surface area contributed by atoms with Gasteiger partial charge in [0.2, 0.25) is 5.91 Å². The standard InChI is InChI=1S/C24H34N2O/c1-18(27)26-16-21-4-2-3-5-23(21)24(17-26)10-12-25(13-11-24)15-22-14-19-6-8-20(22)9-7-19/h2-5,19-20,22H,6-17H2,1H3. The lowest BCUT2D eigenvalue weighted by Crippen LogP contribution is -2.53. The van der Waals surface area contributed by atoms with Crippen LogP contribution >= 0.6 is 0 Å². The van der Waals surface area contributed by atoms with E-state index in [0.717, 1.165) is 30.8 Å². The lowest BCUT2D eigenvalue weighted by Gasteiger charge is -2.50. The molecule has 1 amide bonds. The number of carbonyl (C=O) groups is 1. The maximum Gasteiger partial charge on any atom is 0.219 e. The molecule has 0 radical (unpaired) electrons. The quantitative estimate of drug-likeness (QED) is 0.783. The fourth-order valence-corrected chi connectivity index (χ4v) is 6.77. The van der Waals surface area contributed by atoms with Gasteiger partial charge < -0.3 is 9.80 Å². The van der Waals surface area contributed by atoms with Gasteiger partial charge in [-0.1, -0.05) is 37.1 Å². The van der Waals surface area contributed by atoms with Crippen molar-refractivity contribution in [2.75, 3.05) is 26.2 Å². The van der Waals surface area contributed by atoms with E-state index in [-0.39, 0.29) is 11.3 Å². The third-order valence-electron chi connectivity index (χ3n) is 8.39. The first kappa shape index (κ1) is 17.7. The van der Waals surface area contributed by atoms with E-state index in [1.165, 1.54) is 75.7 Å². The van der Waals surface area contributed by atoms with Gasteiger partial charge in [-0.25, -0.2) is 0 Å². The first-order valence-corrected chi connectivity index (χ1v) is 11.2. The molecule has 4 fully saturated rings. The number of fused-ring (bicyclic) bond motifs is 5. The van der Waals surface area contributed by atoms with Gasteiger partial charge in [0.25, 0.3) is 0 Å². The van der Waals surface area contributed by atoms with Crippen LogP contribution in [0.4, 0.5) is 0 Å². The van der Waals surface area contributed by atoms with Crippen LogP contribution in [0, 0.1) is 17.8 Å². The molecular weight excluding hydrogens is 332 g/mol. The average Bonchev–Trinajstić information content (AvgIpc) is 2.71. The lowest BCUT2D eigenvalue weighted by molar-refractivity contribution is -0.131. The van der Waals surface area contributed by atoms with Gasteiger partial charge in [-0.15, -0.1) is 0 Å². The predicted molar refractivity (Wildman–Crippen MR) is 108 cm³/mol. The number of nitrogens with zero attached hydrogens (tertiary/aromatic N) is 2. The predicted octanol–water partition coefficient (Wildman–Crippen LogP) is 4.21. The molecular formula is C24H34N2O. The smallest absolute Gasteiger partial charge is 0.219 e. The highest BCUT2D eigenvalue weighted by Gasteiger charge is 2.43. The van der Waals surface area contributed by atoms with Crippen molar-refractivity contribution in [3.05, 3.63) is 35.4 Å². The first-order valence-electron chi connectivity index (χ1n) is 11.2. The van der Waals surface area contributed by atoms with Crippen LogP contribution in [0.1, 0.15) is 63.0 Å². The van der Waals surface area contributed by atoms with Crippen molar-refractivity contribution < 1.29 is 4.79 Å². The largest absolute Gasteiger partial charge is 0.338 e. The molecule has 3 heteroatoms. The van der Waals surface area contributed by atoms with Crippen molar-refractivity contribution in [2.45, 2.75) is 63.8 Å². The number of amides is 1. The molecule has 3 aliphatic carbocycles. The highest BCUT2D eigenvalue weighted by atomic mass is 16.2. The van der Waals surface area contributed by atoms with Gasteiger partial charge in [-0.2, -0.15) is 0 Å². The Morgan fingerprint density at radius 2 is 1.85 bits per heavy atom. The monoisotopic (exact) mass is 366 g/mol. The molecule has 1 unspecified atom stereocenters. The van der Waals surface area contributed by atoms with Crippen LogP contribution in [0.25, 0.3) is 0 Å². The van der Waals surface area contributed by atoms with Crippen LogP contribution in [0.5, 0.6) is 0 Å². The Bertz CT molecular complexity index is 698. The van der Waals surface area contributed by atoms with E-state index >= 15 is 0 Å². The van der Waals surface area contributed by atoms with Gasteiger partial charge in [-0.05, 0) is 74.1 Å². The summed E-state index contributed by atoms with van der Waals surface area (Å²) >= 11 is 0. The van der Waals surface area contributed by atoms with Crippen LogP contribution in [-0.2, 0) is 16.8 Å². The Balaban J connectivity index is 1.29. The SMILES string of the molecule is CC(=O)N1Cc2ccccc2C2(CCN(CC3CC4CCC3CC4)CC2)C1. The highest BCUT2D eigenvalue weighted by Crippen LogP contribution is 2.46. The molecule has 2 aliphatic heterocycles. The van der Waals surface area contributed by atoms with Crippen LogP contribution in [0.2, 0.25) is 0 Å². The molecule has 1 saturated heterocycles. The van der Waals surface area contributed by atoms with E-state index < -0.39 is 0 Å². The van der Waals surface area contributed by atoms with Crippen molar-refractivity contribution in [3.8, 4) is 0 Å². The molecule has 3 saturated carbocycles. The Labute approximate surface area is 164 Å². The minimum atomic E-state index is 0.183. The Morgan fingerprint density at radius 3 is 2.52 bits per heavy atom. The van der Waals surface area contributed by atoms with Gasteiger partial charge in [0, 0.05) is 32.0 Å². The number of benzene rings is 1. The molecule has 146 valence electrons. The summed E-state index contributed by atoms with van der Waals surface area (Å²) in [6.45, 7) is 7.18. The molecule has 1 atom stereocenters. The number of rotatable bonds is 2. The van der Waals surface area contributed by atoms with Gasteiger partial charge in [0.15, 0.2) is 0 Å². The van der Waals surface area contributed by atoms with Gasteiger partial charge in [0.05, 0.1) is 0 Å². The molecule has 0 aromatic heterocycles. The fourth-order valence-electron chi connectivity index (χ4n) is 6.77. The molecule has 1 aromatic rings. The molecule has 3 nitrogen and oxygen atoms in total. The summed E-state index contributed by atoms with van der Waals surface area (Å²) in [7, 11) is 0. The summed E-state index contributed by atoms with van der Waals surface area (Å²) in [5.74, 6) is 3.23. The molecule has 0 N–H and O–H groups in total. The van der Waals surface area contributed by atoms with E-state index in [1.54, 1.807) is 6.92 Å². The summed E-state index contributed by atoms with van der Waals surface area (Å²) < 4.78 is 0. The summed E-state index contributed by atoms with van der Waals surface area (Å²) in [5.41, 5.74) is 3.08. The number of carbonyl (C=O) groups excluding carboxylic acids is 1. The number of hydrogen-bond donors (Lipinski definition) is 0. The maximum atomic E-state index is 12.2. The van der Waals surface area contributed by atoms with Crippen molar-refractivity contribution in [1.29, 1.82) is 0 Å². The number of hydrogen-bond acceptors (Lipinski definition) is 2. The second-order valence-corrected chi connectivity index (χ2v) is 9.89. The Hall–Kier alpha value is -1.35. The fraction of sp³-hybridized carbons (Fsp3) is 0.708. The molecule has 27 heavy (non-hydrogen) atoms. The lowest BCUT2D eigenvalue weighted by atomic mass is 9.64. The number of likely N-dealkylation sites (tertiary alicyclic amines) is 1. The second kappa shape index (κ2) is 6.92. The van der Waals surface area contributed by atoms with Crippen LogP contribution in [0.15, 0.2) is 24.3 Å². The molecule has 1 spiro atoms. The third kappa shape index (κ3) is 3.22. The van der Waals surface area contributed by atoms with Crippen LogP contribution in [0.3, 0.4) is 0 Å². The molecule has 2 bridgehead atoms. The first-order chi connectivity index (χ1) is 13.1. The molecule has 5 aliphatic rings. The minimum absolute atomic E-state index is 0.183. The van der Waals surface area contributed by atoms with Crippen molar-refractivity contribution in [1.82, 2.24) is 9.80 Å². The van der Waals surface area contributed by atoms with Crippen molar-refractivity contribution >= 4 is 5.91 Å². The Morgan fingerprint density at radius 1 is 1.11 bits per heavy atom. The topological polar surface area (TPSA) is 23.6 Å². The molecule has 2 heterocycles. The van der Waals surface area contributed by atoms with E-state index in [0.29, 0.717) is 0 Å². The molecule has 6 rings (SSSR count). The third-order valence-corrected chi connectivity index (χ3v) is 8.39. The summed E-state index contributed by atoms with van der Waals surface area (Å²) in [4.78, 5) is 17.0. The zero-order chi connectivity index (χ0) is 18.4. The second-order valence-electron chi connectivity index (χ2n) is 9.89. The highest BCUT2D eigenvalue weighted by molar-refractivity contribution is 5.74. The van der Waals surface area contributed by atoms with Crippen molar-refractivity contribution in [2.24, 2.45) is 17.8 Å². The van der Waals surface area contributed by atoms with E-state index in [1.807, 2.05) is 0 Å². The summed E-state index contributed by atoms with van der Waals surface area (Å²) in [5, 5.41) is 0. The van der Waals surface area contributed by atoms with E-state index in [2.05, 4.69) is 34.1 Å². The average molecular weight is 367 g/mol. The Kier molecular flexibility index (Phi) is 4.54. The maximum absolute atomic E-state index is 12.2. The van der Waals surface area contributed by atoms with Crippen LogP contribution < -0.4 is 0 Å². The molecule has 1 aromatic carbocycles. The van der Waals surface area contributed by atoms with E-state index in [9.17, 15) is 4.79 Å². The minimum Gasteiger partial charge on any atom is -0.338 e. The zero-order valence-electron chi connectivity index (χ0n) is 16.8. The summed E-state index contributed by atoms with van der Waals surface area (Å²) in [6.07, 6.45) is 9.89. The normalized spacial score (nSPS) is 32.5.